The highest BCUT2D eigenvalue weighted by atomic mass is 15.4. The zero-order valence-corrected chi connectivity index (χ0v) is 13.0. The summed E-state index contributed by atoms with van der Waals surface area (Å²) in [5, 5.41) is 11.6. The van der Waals surface area contributed by atoms with Crippen LogP contribution in [0.3, 0.4) is 0 Å². The summed E-state index contributed by atoms with van der Waals surface area (Å²) in [4.78, 5) is 5.06. The second-order valence-corrected chi connectivity index (χ2v) is 5.72. The topological polar surface area (TPSA) is 49.2 Å². The van der Waals surface area contributed by atoms with Gasteiger partial charge in [-0.1, -0.05) is 12.1 Å². The Morgan fingerprint density at radius 3 is 2.60 bits per heavy atom. The van der Waals surface area contributed by atoms with Gasteiger partial charge in [0.2, 0.25) is 0 Å². The maximum Gasteiger partial charge on any atom is 0.0964 e. The lowest BCUT2D eigenvalue weighted by Crippen LogP contribution is -2.49. The van der Waals surface area contributed by atoms with Crippen LogP contribution in [0.2, 0.25) is 0 Å². The van der Waals surface area contributed by atoms with E-state index in [0.29, 0.717) is 6.04 Å². The van der Waals surface area contributed by atoms with Gasteiger partial charge in [-0.25, -0.2) is 0 Å². The minimum atomic E-state index is 0.668. The van der Waals surface area contributed by atoms with E-state index >= 15 is 0 Å². The molecule has 0 spiro atoms. The third kappa shape index (κ3) is 4.54. The summed E-state index contributed by atoms with van der Waals surface area (Å²) >= 11 is 0. The van der Waals surface area contributed by atoms with E-state index in [4.69, 9.17) is 0 Å². The zero-order valence-electron chi connectivity index (χ0n) is 13.0. The lowest BCUT2D eigenvalue weighted by atomic mass is 10.2. The molecule has 6 heteroatoms. The minimum Gasteiger partial charge on any atom is -0.311 e. The Morgan fingerprint density at radius 2 is 1.95 bits per heavy atom. The molecule has 1 fully saturated rings. The first-order valence-electron chi connectivity index (χ1n) is 7.75. The maximum atomic E-state index is 4.19. The molecule has 114 valence electrons. The van der Waals surface area contributed by atoms with Crippen molar-refractivity contribution in [3.63, 3.8) is 0 Å². The van der Waals surface area contributed by atoms with Gasteiger partial charge >= 0.3 is 0 Å². The molecule has 6 nitrogen and oxygen atoms in total. The van der Waals surface area contributed by atoms with Crippen LogP contribution in [0.4, 0.5) is 0 Å². The molecule has 0 unspecified atom stereocenters. The molecule has 1 N–H and O–H groups in total. The highest BCUT2D eigenvalue weighted by Crippen LogP contribution is 2.05. The molecular formula is C14H28N6. The van der Waals surface area contributed by atoms with Crippen LogP contribution < -0.4 is 5.32 Å². The van der Waals surface area contributed by atoms with Crippen LogP contribution in [0.1, 0.15) is 26.5 Å². The SMILES string of the molecule is CCNCc1cn(CCN2CCN(C(C)C)CC2)nn1. The van der Waals surface area contributed by atoms with Crippen molar-refractivity contribution in [1.29, 1.82) is 0 Å². The van der Waals surface area contributed by atoms with Gasteiger partial charge in [0, 0.05) is 51.5 Å². The third-order valence-electron chi connectivity index (χ3n) is 3.92. The van der Waals surface area contributed by atoms with Gasteiger partial charge < -0.3 is 5.32 Å². The summed E-state index contributed by atoms with van der Waals surface area (Å²) in [6, 6.07) is 0.668. The van der Waals surface area contributed by atoms with E-state index < -0.39 is 0 Å². The summed E-state index contributed by atoms with van der Waals surface area (Å²) in [6.07, 6.45) is 2.05. The quantitative estimate of drug-likeness (QED) is 0.784. The van der Waals surface area contributed by atoms with Gasteiger partial charge in [0.05, 0.1) is 12.2 Å². The van der Waals surface area contributed by atoms with Crippen molar-refractivity contribution in [2.24, 2.45) is 0 Å². The van der Waals surface area contributed by atoms with Gasteiger partial charge in [-0.3, -0.25) is 14.5 Å². The zero-order chi connectivity index (χ0) is 14.4. The molecule has 1 aliphatic heterocycles. The van der Waals surface area contributed by atoms with Crippen molar-refractivity contribution in [3.05, 3.63) is 11.9 Å². The Balaban J connectivity index is 1.69. The van der Waals surface area contributed by atoms with Crippen molar-refractivity contribution >= 4 is 0 Å². The molecule has 2 rings (SSSR count). The Hall–Kier alpha value is -0.980. The highest BCUT2D eigenvalue weighted by molar-refractivity contribution is 4.91. The summed E-state index contributed by atoms with van der Waals surface area (Å²) < 4.78 is 1.96. The molecule has 0 amide bonds. The van der Waals surface area contributed by atoms with Crippen molar-refractivity contribution in [3.8, 4) is 0 Å². The Kier molecular flexibility index (Phi) is 5.94. The van der Waals surface area contributed by atoms with Crippen molar-refractivity contribution in [2.45, 2.75) is 39.9 Å². The van der Waals surface area contributed by atoms with Gasteiger partial charge in [0.25, 0.3) is 0 Å². The number of rotatable bonds is 7. The van der Waals surface area contributed by atoms with Gasteiger partial charge in [0.1, 0.15) is 0 Å². The molecule has 1 aromatic heterocycles. The first-order valence-corrected chi connectivity index (χ1v) is 7.75. The van der Waals surface area contributed by atoms with E-state index in [1.54, 1.807) is 0 Å². The molecular weight excluding hydrogens is 252 g/mol. The number of hydrogen-bond acceptors (Lipinski definition) is 5. The Bertz CT molecular complexity index is 381. The first-order chi connectivity index (χ1) is 9.69. The maximum absolute atomic E-state index is 4.19. The minimum absolute atomic E-state index is 0.668. The largest absolute Gasteiger partial charge is 0.311 e. The standard InChI is InChI=1S/C14H28N6/c1-4-15-11-14-12-20(17-16-14)10-7-18-5-8-19(9-6-18)13(2)3/h12-13,15H,4-11H2,1-3H3. The summed E-state index contributed by atoms with van der Waals surface area (Å²) in [5.41, 5.74) is 1.02. The van der Waals surface area contributed by atoms with E-state index in [-0.39, 0.29) is 0 Å². The third-order valence-corrected chi connectivity index (χ3v) is 3.92. The van der Waals surface area contributed by atoms with Crippen LogP contribution in [-0.2, 0) is 13.1 Å². The average molecular weight is 280 g/mol. The van der Waals surface area contributed by atoms with Gasteiger partial charge in [-0.05, 0) is 20.4 Å². The summed E-state index contributed by atoms with van der Waals surface area (Å²) in [6.45, 7) is 15.1. The molecule has 0 saturated carbocycles. The van der Waals surface area contributed by atoms with Crippen LogP contribution in [0.15, 0.2) is 6.20 Å². The summed E-state index contributed by atoms with van der Waals surface area (Å²) in [5.74, 6) is 0. The smallest absolute Gasteiger partial charge is 0.0964 e. The predicted octanol–water partition coefficient (Wildman–Crippen LogP) is 0.414. The predicted molar refractivity (Wildman–Crippen MR) is 80.6 cm³/mol. The van der Waals surface area contributed by atoms with Gasteiger partial charge in [-0.15, -0.1) is 5.10 Å². The number of nitrogens with zero attached hydrogens (tertiary/aromatic N) is 5. The monoisotopic (exact) mass is 280 g/mol. The van der Waals surface area contributed by atoms with Crippen LogP contribution in [0.5, 0.6) is 0 Å². The fourth-order valence-electron chi connectivity index (χ4n) is 2.53. The normalized spacial score (nSPS) is 18.0. The summed E-state index contributed by atoms with van der Waals surface area (Å²) in [7, 11) is 0. The molecule has 0 bridgehead atoms. The van der Waals surface area contributed by atoms with Gasteiger partial charge in [-0.2, -0.15) is 0 Å². The Labute approximate surface area is 122 Å². The van der Waals surface area contributed by atoms with E-state index in [1.165, 1.54) is 13.1 Å². The number of aromatic nitrogens is 3. The molecule has 0 atom stereocenters. The molecule has 1 aromatic rings. The number of hydrogen-bond donors (Lipinski definition) is 1. The molecule has 1 saturated heterocycles. The van der Waals surface area contributed by atoms with E-state index in [1.807, 2.05) is 10.9 Å². The molecule has 0 radical (unpaired) electrons. The molecule has 2 heterocycles. The molecule has 0 aliphatic carbocycles. The lowest BCUT2D eigenvalue weighted by molar-refractivity contribution is 0.105. The fraction of sp³-hybridized carbons (Fsp3) is 0.857. The molecule has 20 heavy (non-hydrogen) atoms. The van der Waals surface area contributed by atoms with Gasteiger partial charge in [0.15, 0.2) is 0 Å². The van der Waals surface area contributed by atoms with E-state index in [2.05, 4.69) is 46.2 Å². The number of piperazine rings is 1. The molecule has 0 aromatic carbocycles. The van der Waals surface area contributed by atoms with Crippen molar-refractivity contribution in [2.75, 3.05) is 39.3 Å². The van der Waals surface area contributed by atoms with Crippen LogP contribution in [0, 0.1) is 0 Å². The van der Waals surface area contributed by atoms with Crippen LogP contribution in [0.25, 0.3) is 0 Å². The van der Waals surface area contributed by atoms with Crippen molar-refractivity contribution in [1.82, 2.24) is 30.1 Å². The Morgan fingerprint density at radius 1 is 1.20 bits per heavy atom. The van der Waals surface area contributed by atoms with E-state index in [9.17, 15) is 0 Å². The highest BCUT2D eigenvalue weighted by Gasteiger charge is 2.18. The fourth-order valence-corrected chi connectivity index (χ4v) is 2.53. The lowest BCUT2D eigenvalue weighted by Gasteiger charge is -2.36. The van der Waals surface area contributed by atoms with E-state index in [0.717, 1.165) is 45.0 Å². The van der Waals surface area contributed by atoms with Crippen molar-refractivity contribution < 1.29 is 0 Å². The second-order valence-electron chi connectivity index (χ2n) is 5.72. The average Bonchev–Trinajstić information content (AvgIpc) is 2.91. The first kappa shape index (κ1) is 15.4. The van der Waals surface area contributed by atoms with Crippen LogP contribution in [-0.4, -0.2) is 70.1 Å². The van der Waals surface area contributed by atoms with Crippen LogP contribution >= 0.6 is 0 Å². The second kappa shape index (κ2) is 7.71. The number of nitrogens with one attached hydrogen (secondary N) is 1. The molecule has 1 aliphatic rings.